The monoisotopic (exact) mass is 408 g/mol. The lowest BCUT2D eigenvalue weighted by molar-refractivity contribution is 0.0695. The Balaban J connectivity index is 1.85. The number of pyridine rings is 1. The van der Waals surface area contributed by atoms with E-state index in [2.05, 4.69) is 12.1 Å². The predicted octanol–water partition coefficient (Wildman–Crippen LogP) is 2.41. The van der Waals surface area contributed by atoms with E-state index in [4.69, 9.17) is 10.5 Å². The summed E-state index contributed by atoms with van der Waals surface area (Å²) in [5.74, 6) is -0.609. The van der Waals surface area contributed by atoms with Crippen molar-refractivity contribution in [2.45, 2.75) is 31.7 Å². The lowest BCUT2D eigenvalue weighted by Gasteiger charge is -2.17. The molecule has 7 heteroatoms. The fourth-order valence-electron chi connectivity index (χ4n) is 4.05. The quantitative estimate of drug-likeness (QED) is 0.691. The largest absolute Gasteiger partial charge is 0.494 e. The SMILES string of the molecule is COc1c(-c2cc3c(s2)=CCCC=3N)ccc2c(=O)c(C(=O)O)cn(C3CC3)c12. The zero-order valence-electron chi connectivity index (χ0n) is 15.9. The van der Waals surface area contributed by atoms with Crippen molar-refractivity contribution in [2.24, 2.45) is 5.73 Å². The number of aromatic carboxylic acids is 1. The summed E-state index contributed by atoms with van der Waals surface area (Å²) in [5, 5.41) is 10.9. The van der Waals surface area contributed by atoms with Crippen molar-refractivity contribution in [3.05, 3.63) is 49.9 Å². The van der Waals surface area contributed by atoms with Crippen LogP contribution in [-0.4, -0.2) is 22.8 Å². The van der Waals surface area contributed by atoms with Crippen molar-refractivity contribution < 1.29 is 14.6 Å². The minimum absolute atomic E-state index is 0.189. The number of carbonyl (C=O) groups is 1. The van der Waals surface area contributed by atoms with Crippen LogP contribution in [0.4, 0.5) is 0 Å². The van der Waals surface area contributed by atoms with Crippen LogP contribution in [0.2, 0.25) is 0 Å². The number of nitrogens with two attached hydrogens (primary N) is 1. The fourth-order valence-corrected chi connectivity index (χ4v) is 5.23. The molecule has 2 aromatic heterocycles. The molecule has 0 radical (unpaired) electrons. The Morgan fingerprint density at radius 1 is 1.34 bits per heavy atom. The van der Waals surface area contributed by atoms with Crippen LogP contribution in [0.3, 0.4) is 0 Å². The molecule has 2 aliphatic rings. The zero-order valence-corrected chi connectivity index (χ0v) is 16.7. The van der Waals surface area contributed by atoms with Crippen LogP contribution in [0.15, 0.2) is 29.2 Å². The maximum absolute atomic E-state index is 12.8. The molecule has 0 atom stereocenters. The van der Waals surface area contributed by atoms with Gasteiger partial charge in [0.05, 0.1) is 18.0 Å². The number of benzene rings is 1. The highest BCUT2D eigenvalue weighted by Gasteiger charge is 2.29. The van der Waals surface area contributed by atoms with Gasteiger partial charge < -0.3 is 20.1 Å². The number of carboxylic acid groups (broad SMARTS) is 1. The van der Waals surface area contributed by atoms with Gasteiger partial charge in [0.25, 0.3) is 0 Å². The van der Waals surface area contributed by atoms with Crippen LogP contribution in [0, 0.1) is 0 Å². The first kappa shape index (κ1) is 18.0. The maximum atomic E-state index is 12.8. The third-order valence-electron chi connectivity index (χ3n) is 5.64. The van der Waals surface area contributed by atoms with Gasteiger partial charge in [-0.05, 0) is 43.9 Å². The standard InChI is InChI=1S/C22H20N2O4S/c1-28-21-12(18-9-14-16(23)3-2-4-17(14)29-18)7-8-13-19(21)24(11-5-6-11)10-15(20(13)25)22(26)27/h4,7-11H,2-3,5-6,23H2,1H3,(H,26,27). The third-order valence-corrected chi connectivity index (χ3v) is 6.80. The van der Waals surface area contributed by atoms with E-state index in [1.807, 2.05) is 10.6 Å². The molecule has 1 aromatic carbocycles. The lowest BCUT2D eigenvalue weighted by atomic mass is 10.0. The molecule has 1 fully saturated rings. The van der Waals surface area contributed by atoms with Gasteiger partial charge in [0.1, 0.15) is 5.56 Å². The molecule has 1 saturated carbocycles. The van der Waals surface area contributed by atoms with Gasteiger partial charge in [-0.2, -0.15) is 0 Å². The van der Waals surface area contributed by atoms with E-state index in [0.717, 1.165) is 51.6 Å². The minimum Gasteiger partial charge on any atom is -0.494 e. The normalized spacial score (nSPS) is 15.8. The zero-order chi connectivity index (χ0) is 20.3. The summed E-state index contributed by atoms with van der Waals surface area (Å²) < 4.78 is 8.86. The van der Waals surface area contributed by atoms with Gasteiger partial charge in [0.2, 0.25) is 5.43 Å². The van der Waals surface area contributed by atoms with Gasteiger partial charge in [0.15, 0.2) is 5.75 Å². The van der Waals surface area contributed by atoms with Crippen LogP contribution in [0.25, 0.3) is 33.1 Å². The number of aromatic nitrogens is 1. The molecular weight excluding hydrogens is 388 g/mol. The summed E-state index contributed by atoms with van der Waals surface area (Å²) in [6.07, 6.45) is 7.38. The average molecular weight is 408 g/mol. The van der Waals surface area contributed by atoms with Crippen molar-refractivity contribution in [3.63, 3.8) is 0 Å². The average Bonchev–Trinajstić information content (AvgIpc) is 3.45. The van der Waals surface area contributed by atoms with Gasteiger partial charge in [-0.25, -0.2) is 4.79 Å². The number of nitrogens with zero attached hydrogens (tertiary/aromatic N) is 1. The van der Waals surface area contributed by atoms with Gasteiger partial charge in [0, 0.05) is 38.1 Å². The Morgan fingerprint density at radius 3 is 2.79 bits per heavy atom. The molecule has 0 unspecified atom stereocenters. The number of carboxylic acids is 1. The van der Waals surface area contributed by atoms with Gasteiger partial charge in [-0.3, -0.25) is 4.79 Å². The molecule has 29 heavy (non-hydrogen) atoms. The highest BCUT2D eigenvalue weighted by atomic mass is 32.1. The Morgan fingerprint density at radius 2 is 2.14 bits per heavy atom. The van der Waals surface area contributed by atoms with E-state index in [1.165, 1.54) is 6.20 Å². The predicted molar refractivity (Wildman–Crippen MR) is 114 cm³/mol. The molecule has 148 valence electrons. The first-order chi connectivity index (χ1) is 14.0. The topological polar surface area (TPSA) is 94.6 Å². The van der Waals surface area contributed by atoms with Gasteiger partial charge in [-0.1, -0.05) is 6.08 Å². The number of rotatable bonds is 4. The number of ether oxygens (including phenoxy) is 1. The molecule has 3 N–H and O–H groups in total. The molecule has 2 heterocycles. The number of methoxy groups -OCH3 is 1. The molecule has 0 amide bonds. The van der Waals surface area contributed by atoms with Crippen LogP contribution in [0.1, 0.15) is 42.1 Å². The Hall–Kier alpha value is -3.06. The highest BCUT2D eigenvalue weighted by molar-refractivity contribution is 7.13. The minimum atomic E-state index is -1.21. The number of thiophene rings is 1. The first-order valence-corrected chi connectivity index (χ1v) is 10.4. The van der Waals surface area contributed by atoms with Crippen molar-refractivity contribution >= 4 is 40.0 Å². The van der Waals surface area contributed by atoms with E-state index >= 15 is 0 Å². The van der Waals surface area contributed by atoms with E-state index in [-0.39, 0.29) is 11.6 Å². The van der Waals surface area contributed by atoms with Crippen molar-refractivity contribution in [1.29, 1.82) is 0 Å². The Labute approximate surface area is 170 Å². The second-order valence-electron chi connectivity index (χ2n) is 7.51. The number of hydrogen-bond donors (Lipinski definition) is 2. The smallest absolute Gasteiger partial charge is 0.341 e. The van der Waals surface area contributed by atoms with E-state index in [9.17, 15) is 14.7 Å². The highest BCUT2D eigenvalue weighted by Crippen LogP contribution is 2.42. The van der Waals surface area contributed by atoms with Crippen molar-refractivity contribution in [1.82, 2.24) is 4.57 Å². The molecule has 0 saturated heterocycles. The number of fused-ring (bicyclic) bond motifs is 2. The summed E-state index contributed by atoms with van der Waals surface area (Å²) in [4.78, 5) is 25.4. The van der Waals surface area contributed by atoms with E-state index < -0.39 is 11.4 Å². The lowest BCUT2D eigenvalue weighted by Crippen LogP contribution is -2.27. The molecule has 0 spiro atoms. The van der Waals surface area contributed by atoms with Crippen LogP contribution >= 0.6 is 11.3 Å². The molecule has 5 rings (SSSR count). The Kier molecular flexibility index (Phi) is 4.03. The van der Waals surface area contributed by atoms with Crippen LogP contribution in [-0.2, 0) is 0 Å². The molecule has 2 aliphatic carbocycles. The second-order valence-corrected chi connectivity index (χ2v) is 8.60. The first-order valence-electron chi connectivity index (χ1n) is 9.57. The molecule has 0 aliphatic heterocycles. The van der Waals surface area contributed by atoms with Crippen LogP contribution in [0.5, 0.6) is 5.75 Å². The maximum Gasteiger partial charge on any atom is 0.341 e. The van der Waals surface area contributed by atoms with Gasteiger partial charge >= 0.3 is 5.97 Å². The second kappa shape index (κ2) is 6.49. The van der Waals surface area contributed by atoms with E-state index in [0.29, 0.717) is 16.7 Å². The molecule has 3 aromatic rings. The van der Waals surface area contributed by atoms with Crippen molar-refractivity contribution in [2.75, 3.05) is 7.11 Å². The summed E-state index contributed by atoms with van der Waals surface area (Å²) in [5.41, 5.74) is 7.96. The molecule has 6 nitrogen and oxygen atoms in total. The summed E-state index contributed by atoms with van der Waals surface area (Å²) in [6.45, 7) is 0. The fraction of sp³-hybridized carbons (Fsp3) is 0.273. The summed E-state index contributed by atoms with van der Waals surface area (Å²) >= 11 is 1.65. The summed E-state index contributed by atoms with van der Waals surface area (Å²) in [7, 11) is 1.59. The Bertz CT molecular complexity index is 1360. The molecular formula is C22H20N2O4S. The van der Waals surface area contributed by atoms with Crippen molar-refractivity contribution in [3.8, 4) is 16.2 Å². The summed E-state index contributed by atoms with van der Waals surface area (Å²) in [6, 6.07) is 5.84. The third kappa shape index (κ3) is 2.76. The van der Waals surface area contributed by atoms with Crippen LogP contribution < -0.4 is 25.7 Å². The number of hydrogen-bond acceptors (Lipinski definition) is 5. The van der Waals surface area contributed by atoms with Gasteiger partial charge in [-0.15, -0.1) is 11.3 Å². The van der Waals surface area contributed by atoms with E-state index in [1.54, 1.807) is 24.5 Å². The molecule has 0 bridgehead atoms.